The van der Waals surface area contributed by atoms with E-state index in [0.29, 0.717) is 25.1 Å². The van der Waals surface area contributed by atoms with E-state index in [1.54, 1.807) is 12.1 Å². The van der Waals surface area contributed by atoms with Crippen molar-refractivity contribution in [3.63, 3.8) is 0 Å². The Morgan fingerprint density at radius 1 is 1.43 bits per heavy atom. The highest BCUT2D eigenvalue weighted by Crippen LogP contribution is 2.24. The lowest BCUT2D eigenvalue weighted by molar-refractivity contribution is -0.0230. The van der Waals surface area contributed by atoms with Crippen molar-refractivity contribution in [2.24, 2.45) is 0 Å². The van der Waals surface area contributed by atoms with Gasteiger partial charge in [0.15, 0.2) is 5.78 Å². The SMILES string of the molecule is CC[C@@H]1CO[C@H](C)CN1S(=O)(=O)c1cccc(C(C)=O)c1. The second kappa shape index (κ2) is 6.25. The van der Waals surface area contributed by atoms with Gasteiger partial charge in [-0.25, -0.2) is 8.42 Å². The monoisotopic (exact) mass is 311 g/mol. The minimum absolute atomic E-state index is 0.126. The summed E-state index contributed by atoms with van der Waals surface area (Å²) in [6.07, 6.45) is 0.566. The molecule has 0 radical (unpaired) electrons. The second-order valence-corrected chi connectivity index (χ2v) is 7.26. The van der Waals surface area contributed by atoms with Gasteiger partial charge in [0.05, 0.1) is 17.6 Å². The standard InChI is InChI=1S/C15H21NO4S/c1-4-14-10-20-11(2)9-16(14)21(18,19)15-7-5-6-13(8-15)12(3)17/h5-8,11,14H,4,9-10H2,1-3H3/t11-,14-/m1/s1. The number of hydrogen-bond acceptors (Lipinski definition) is 4. The number of sulfonamides is 1. The van der Waals surface area contributed by atoms with Gasteiger partial charge in [0.25, 0.3) is 0 Å². The van der Waals surface area contributed by atoms with Gasteiger partial charge in [-0.1, -0.05) is 19.1 Å². The Morgan fingerprint density at radius 3 is 2.76 bits per heavy atom. The zero-order chi connectivity index (χ0) is 15.6. The number of Topliss-reactive ketones (excluding diaryl/α,β-unsaturated/α-hetero) is 1. The van der Waals surface area contributed by atoms with Gasteiger partial charge in [-0.15, -0.1) is 0 Å². The summed E-state index contributed by atoms with van der Waals surface area (Å²) in [7, 11) is -3.61. The van der Waals surface area contributed by atoms with Crippen LogP contribution in [0, 0.1) is 0 Å². The molecule has 0 bridgehead atoms. The maximum atomic E-state index is 12.8. The number of nitrogens with zero attached hydrogens (tertiary/aromatic N) is 1. The number of carbonyl (C=O) groups is 1. The summed E-state index contributed by atoms with van der Waals surface area (Å²) < 4.78 is 32.7. The van der Waals surface area contributed by atoms with E-state index in [4.69, 9.17) is 4.74 Å². The third kappa shape index (κ3) is 3.33. The van der Waals surface area contributed by atoms with Crippen LogP contribution < -0.4 is 0 Å². The van der Waals surface area contributed by atoms with Crippen molar-refractivity contribution in [1.29, 1.82) is 0 Å². The van der Waals surface area contributed by atoms with Gasteiger partial charge in [0, 0.05) is 18.2 Å². The summed E-state index contributed by atoms with van der Waals surface area (Å²) in [6.45, 7) is 5.98. The Hall–Kier alpha value is -1.24. The Bertz CT molecular complexity index is 626. The Kier molecular flexibility index (Phi) is 4.81. The molecule has 0 N–H and O–H groups in total. The van der Waals surface area contributed by atoms with Gasteiger partial charge in [0.2, 0.25) is 10.0 Å². The lowest BCUT2D eigenvalue weighted by Crippen LogP contribution is -2.51. The molecule has 116 valence electrons. The molecule has 0 aliphatic carbocycles. The van der Waals surface area contributed by atoms with Gasteiger partial charge >= 0.3 is 0 Å². The molecule has 0 unspecified atom stereocenters. The molecule has 6 heteroatoms. The minimum Gasteiger partial charge on any atom is -0.375 e. The molecule has 1 aromatic carbocycles. The van der Waals surface area contributed by atoms with E-state index in [2.05, 4.69) is 0 Å². The number of carbonyl (C=O) groups excluding carboxylic acids is 1. The molecule has 2 atom stereocenters. The molecular formula is C15H21NO4S. The van der Waals surface area contributed by atoms with Crippen LogP contribution in [-0.2, 0) is 14.8 Å². The number of hydrogen-bond donors (Lipinski definition) is 0. The Morgan fingerprint density at radius 2 is 2.14 bits per heavy atom. The molecule has 1 aromatic rings. The van der Waals surface area contributed by atoms with Crippen LogP contribution in [0.15, 0.2) is 29.2 Å². The molecule has 1 heterocycles. The number of ether oxygens (including phenoxy) is 1. The van der Waals surface area contributed by atoms with Crippen molar-refractivity contribution in [1.82, 2.24) is 4.31 Å². The first-order chi connectivity index (χ1) is 9.86. The van der Waals surface area contributed by atoms with Crippen molar-refractivity contribution >= 4 is 15.8 Å². The zero-order valence-electron chi connectivity index (χ0n) is 12.6. The van der Waals surface area contributed by atoms with Crippen LogP contribution in [0.25, 0.3) is 0 Å². The van der Waals surface area contributed by atoms with Crippen LogP contribution in [0.2, 0.25) is 0 Å². The van der Waals surface area contributed by atoms with Gasteiger partial charge in [0.1, 0.15) is 0 Å². The van der Waals surface area contributed by atoms with Crippen LogP contribution in [0.1, 0.15) is 37.6 Å². The first-order valence-electron chi connectivity index (χ1n) is 7.10. The van der Waals surface area contributed by atoms with Crippen LogP contribution in [0.5, 0.6) is 0 Å². The maximum absolute atomic E-state index is 12.8. The molecule has 0 aromatic heterocycles. The molecule has 0 amide bonds. The Balaban J connectivity index is 2.40. The van der Waals surface area contributed by atoms with Crippen molar-refractivity contribution < 1.29 is 17.9 Å². The fraction of sp³-hybridized carbons (Fsp3) is 0.533. The van der Waals surface area contributed by atoms with Crippen molar-refractivity contribution in [3.05, 3.63) is 29.8 Å². The van der Waals surface area contributed by atoms with E-state index >= 15 is 0 Å². The molecule has 0 spiro atoms. The van der Waals surface area contributed by atoms with E-state index in [1.165, 1.54) is 23.4 Å². The van der Waals surface area contributed by atoms with Crippen LogP contribution >= 0.6 is 0 Å². The van der Waals surface area contributed by atoms with Gasteiger partial charge < -0.3 is 4.74 Å². The zero-order valence-corrected chi connectivity index (χ0v) is 13.4. The summed E-state index contributed by atoms with van der Waals surface area (Å²) in [4.78, 5) is 11.6. The quantitative estimate of drug-likeness (QED) is 0.799. The lowest BCUT2D eigenvalue weighted by atomic mass is 10.2. The molecule has 1 saturated heterocycles. The Labute approximate surface area is 126 Å². The molecule has 0 saturated carbocycles. The number of ketones is 1. The predicted octanol–water partition coefficient (Wildman–Crippen LogP) is 2.08. The van der Waals surface area contributed by atoms with E-state index in [1.807, 2.05) is 13.8 Å². The van der Waals surface area contributed by atoms with Gasteiger partial charge in [-0.3, -0.25) is 4.79 Å². The van der Waals surface area contributed by atoms with Crippen LogP contribution in [-0.4, -0.2) is 43.8 Å². The predicted molar refractivity (Wildman–Crippen MR) is 79.8 cm³/mol. The highest BCUT2D eigenvalue weighted by molar-refractivity contribution is 7.89. The molecule has 2 rings (SSSR count). The fourth-order valence-electron chi connectivity index (χ4n) is 2.44. The summed E-state index contributed by atoms with van der Waals surface area (Å²) in [6, 6.07) is 6.06. The average Bonchev–Trinajstić information content (AvgIpc) is 2.47. The van der Waals surface area contributed by atoms with E-state index < -0.39 is 10.0 Å². The van der Waals surface area contributed by atoms with Gasteiger partial charge in [-0.05, 0) is 32.4 Å². The summed E-state index contributed by atoms with van der Waals surface area (Å²) in [5.41, 5.74) is 0.408. The summed E-state index contributed by atoms with van der Waals surface area (Å²) >= 11 is 0. The van der Waals surface area contributed by atoms with E-state index in [0.717, 1.165) is 0 Å². The molecule has 1 aliphatic heterocycles. The first-order valence-corrected chi connectivity index (χ1v) is 8.54. The van der Waals surface area contributed by atoms with Crippen LogP contribution in [0.3, 0.4) is 0 Å². The molecule has 21 heavy (non-hydrogen) atoms. The van der Waals surface area contributed by atoms with Gasteiger partial charge in [-0.2, -0.15) is 4.31 Å². The molecule has 1 fully saturated rings. The maximum Gasteiger partial charge on any atom is 0.243 e. The summed E-state index contributed by atoms with van der Waals surface area (Å²) in [5.74, 6) is -0.144. The minimum atomic E-state index is -3.61. The third-order valence-corrected chi connectivity index (χ3v) is 5.65. The fourth-order valence-corrected chi connectivity index (χ4v) is 4.25. The van der Waals surface area contributed by atoms with E-state index in [-0.39, 0.29) is 22.8 Å². The topological polar surface area (TPSA) is 63.7 Å². The molecule has 5 nitrogen and oxygen atoms in total. The smallest absolute Gasteiger partial charge is 0.243 e. The lowest BCUT2D eigenvalue weighted by Gasteiger charge is -2.37. The highest BCUT2D eigenvalue weighted by atomic mass is 32.2. The van der Waals surface area contributed by atoms with Crippen molar-refractivity contribution in [3.8, 4) is 0 Å². The molecule has 1 aliphatic rings. The van der Waals surface area contributed by atoms with Crippen LogP contribution in [0.4, 0.5) is 0 Å². The summed E-state index contributed by atoms with van der Waals surface area (Å²) in [5, 5.41) is 0. The second-order valence-electron chi connectivity index (χ2n) is 5.36. The van der Waals surface area contributed by atoms with Crippen molar-refractivity contribution in [2.75, 3.05) is 13.2 Å². The van der Waals surface area contributed by atoms with E-state index in [9.17, 15) is 13.2 Å². The number of rotatable bonds is 4. The highest BCUT2D eigenvalue weighted by Gasteiger charge is 2.35. The normalized spacial score (nSPS) is 24.0. The van der Waals surface area contributed by atoms with Crippen molar-refractivity contribution in [2.45, 2.75) is 44.2 Å². The number of morpholine rings is 1. The largest absolute Gasteiger partial charge is 0.375 e. The number of benzene rings is 1. The molecular weight excluding hydrogens is 290 g/mol. The average molecular weight is 311 g/mol. The third-order valence-electron chi connectivity index (χ3n) is 3.74. The first kappa shape index (κ1) is 16.1.